The lowest BCUT2D eigenvalue weighted by molar-refractivity contribution is -0.148. The van der Waals surface area contributed by atoms with E-state index in [4.69, 9.17) is 15.0 Å². The number of rotatable bonds is 18. The van der Waals surface area contributed by atoms with Gasteiger partial charge in [-0.15, -0.1) is 0 Å². The topological polar surface area (TPSA) is 179 Å². The van der Waals surface area contributed by atoms with Gasteiger partial charge in [-0.3, -0.25) is 14.9 Å². The first kappa shape index (κ1) is 37.1. The quantitative estimate of drug-likeness (QED) is 0.0616. The molecule has 0 radical (unpaired) electrons. The lowest BCUT2D eigenvalue weighted by Crippen LogP contribution is -2.58. The highest BCUT2D eigenvalue weighted by Gasteiger charge is 2.33. The summed E-state index contributed by atoms with van der Waals surface area (Å²) >= 11 is 0. The summed E-state index contributed by atoms with van der Waals surface area (Å²) in [5.74, 6) is -1.85. The third-order valence-corrected chi connectivity index (χ3v) is 7.92. The van der Waals surface area contributed by atoms with Crippen LogP contribution in [0.2, 0.25) is 0 Å². The number of ketones is 1. The molecule has 0 spiro atoms. The molecule has 3 rings (SSSR count). The molecule has 0 saturated heterocycles. The molecule has 0 saturated carbocycles. The Kier molecular flexibility index (Phi) is 14.3. The Morgan fingerprint density at radius 2 is 1.49 bits per heavy atom. The van der Waals surface area contributed by atoms with Crippen molar-refractivity contribution in [1.29, 1.82) is 0 Å². The molecule has 2 amide bonds. The van der Waals surface area contributed by atoms with Gasteiger partial charge in [0, 0.05) is 12.3 Å². The van der Waals surface area contributed by atoms with Crippen molar-refractivity contribution >= 4 is 30.0 Å². The first-order valence-corrected chi connectivity index (χ1v) is 16.2. The Morgan fingerprint density at radius 3 is 2.04 bits per heavy atom. The van der Waals surface area contributed by atoms with E-state index < -0.39 is 48.1 Å². The monoisotopic (exact) mass is 649 g/mol. The van der Waals surface area contributed by atoms with E-state index in [0.29, 0.717) is 12.8 Å². The van der Waals surface area contributed by atoms with Crippen molar-refractivity contribution in [3.05, 3.63) is 65.2 Å². The van der Waals surface area contributed by atoms with Gasteiger partial charge in [0.25, 0.3) is 0 Å². The number of hydrogen-bond acceptors (Lipinski definition) is 8. The number of fused-ring (bicyclic) bond motifs is 3. The van der Waals surface area contributed by atoms with E-state index in [1.807, 2.05) is 64.1 Å². The second-order valence-corrected chi connectivity index (χ2v) is 12.6. The van der Waals surface area contributed by atoms with Crippen LogP contribution in [0.3, 0.4) is 0 Å². The number of amides is 2. The van der Waals surface area contributed by atoms with Gasteiger partial charge in [-0.25, -0.2) is 9.59 Å². The summed E-state index contributed by atoms with van der Waals surface area (Å²) < 4.78 is 10.8. The van der Waals surface area contributed by atoms with Gasteiger partial charge in [-0.2, -0.15) is 4.79 Å². The van der Waals surface area contributed by atoms with Crippen LogP contribution in [-0.4, -0.2) is 77.4 Å². The first-order chi connectivity index (χ1) is 22.4. The molecule has 2 aromatic rings. The lowest BCUT2D eigenvalue weighted by Gasteiger charge is -2.31. The van der Waals surface area contributed by atoms with Gasteiger partial charge in [-0.1, -0.05) is 76.2 Å². The van der Waals surface area contributed by atoms with E-state index in [2.05, 4.69) is 32.9 Å². The molecular formula is C35H47N5O7. The second kappa shape index (κ2) is 18.1. The minimum absolute atomic E-state index is 0.0208. The highest BCUT2D eigenvalue weighted by atomic mass is 16.5. The van der Waals surface area contributed by atoms with Crippen LogP contribution < -0.4 is 16.0 Å². The molecule has 0 aromatic heterocycles. The fourth-order valence-corrected chi connectivity index (χ4v) is 5.79. The van der Waals surface area contributed by atoms with Crippen molar-refractivity contribution in [3.63, 3.8) is 0 Å². The van der Waals surface area contributed by atoms with Gasteiger partial charge < -0.3 is 30.7 Å². The van der Waals surface area contributed by atoms with Crippen LogP contribution in [0.25, 0.3) is 16.7 Å². The van der Waals surface area contributed by atoms with Gasteiger partial charge in [0.1, 0.15) is 18.9 Å². The summed E-state index contributed by atoms with van der Waals surface area (Å²) in [4.78, 5) is 53.7. The number of carbonyl (C=O) groups excluding carboxylic acids is 4. The number of nitrogens with one attached hydrogen (secondary N) is 3. The number of nitrogens with zero attached hydrogens (tertiary/aromatic N) is 2. The molecule has 0 aliphatic heterocycles. The van der Waals surface area contributed by atoms with Crippen molar-refractivity contribution in [3.8, 4) is 11.1 Å². The van der Waals surface area contributed by atoms with Gasteiger partial charge in [0.05, 0.1) is 18.7 Å². The summed E-state index contributed by atoms with van der Waals surface area (Å²) in [6.07, 6.45) is -0.868. The van der Waals surface area contributed by atoms with Crippen LogP contribution in [0.15, 0.2) is 48.5 Å². The summed E-state index contributed by atoms with van der Waals surface area (Å²) in [7, 11) is 0. The van der Waals surface area contributed by atoms with E-state index >= 15 is 0 Å². The van der Waals surface area contributed by atoms with Gasteiger partial charge in [0.15, 0.2) is 0 Å². The van der Waals surface area contributed by atoms with E-state index in [9.17, 15) is 24.3 Å². The van der Waals surface area contributed by atoms with E-state index in [1.54, 1.807) is 6.92 Å². The average Bonchev–Trinajstić information content (AvgIpc) is 3.34. The van der Waals surface area contributed by atoms with Crippen molar-refractivity contribution in [2.24, 2.45) is 11.8 Å². The van der Waals surface area contributed by atoms with Crippen LogP contribution in [0.4, 0.5) is 4.79 Å². The third kappa shape index (κ3) is 10.8. The Balaban J connectivity index is 1.69. The Labute approximate surface area is 276 Å². The molecule has 12 heteroatoms. The highest BCUT2D eigenvalue weighted by Crippen LogP contribution is 2.44. The summed E-state index contributed by atoms with van der Waals surface area (Å²) in [5, 5.41) is 19.7. The molecule has 0 fully saturated rings. The maximum Gasteiger partial charge on any atom is 0.407 e. The number of hydrogen-bond donors (Lipinski definition) is 4. The van der Waals surface area contributed by atoms with E-state index in [0.717, 1.165) is 28.5 Å². The molecule has 4 atom stereocenters. The lowest BCUT2D eigenvalue weighted by atomic mass is 9.98. The molecule has 4 unspecified atom stereocenters. The number of carbonyl (C=O) groups is 4. The zero-order chi connectivity index (χ0) is 34.5. The maximum absolute atomic E-state index is 13.5. The van der Waals surface area contributed by atoms with Crippen LogP contribution >= 0.6 is 0 Å². The van der Waals surface area contributed by atoms with E-state index in [1.165, 1.54) is 0 Å². The number of esters is 1. The molecule has 1 aliphatic carbocycles. The van der Waals surface area contributed by atoms with Gasteiger partial charge in [0.2, 0.25) is 11.7 Å². The summed E-state index contributed by atoms with van der Waals surface area (Å²) in [6, 6.07) is 13.2. The normalized spacial score (nSPS) is 14.6. The Bertz CT molecular complexity index is 1390. The number of alkyl carbamates (subject to hydrolysis) is 1. The summed E-state index contributed by atoms with van der Waals surface area (Å²) in [6.45, 7) is 9.52. The van der Waals surface area contributed by atoms with Crippen LogP contribution in [0.5, 0.6) is 0 Å². The van der Waals surface area contributed by atoms with Crippen LogP contribution in [0.1, 0.15) is 77.3 Å². The Morgan fingerprint density at radius 1 is 0.894 bits per heavy atom. The van der Waals surface area contributed by atoms with Crippen molar-refractivity contribution in [1.82, 2.24) is 16.0 Å². The minimum atomic E-state index is -1.34. The van der Waals surface area contributed by atoms with Crippen molar-refractivity contribution in [2.45, 2.75) is 90.6 Å². The zero-order valence-corrected chi connectivity index (χ0v) is 27.8. The fraction of sp³-hybridized carbons (Fsp3) is 0.514. The van der Waals surface area contributed by atoms with Gasteiger partial charge in [-0.05, 0) is 60.3 Å². The smallest absolute Gasteiger partial charge is 0.407 e. The number of aliphatic hydroxyl groups excluding tert-OH is 1. The standard InChI is InChI=1S/C35H47N5O7/c1-6-46-34(44)29(16-15-23(41)19-37-36)38-32(42)30(17-21(2)3)39-33(43)31(18-22(4)5)40-35(45)47-20-28-26-13-9-7-11-24(26)25-12-8-10-14-27(25)28/h7-14,19,21-22,28-31,33,39,43H,6,15-18,20H2,1-5H3,(H,38,42)(H,40,45). The first-order valence-electron chi connectivity index (χ1n) is 16.2. The Hall–Kier alpha value is -4.38. The van der Waals surface area contributed by atoms with Gasteiger partial charge >= 0.3 is 18.3 Å². The SMILES string of the molecule is CCOC(=O)C(CCC(=O)C=[N+]=[N-])NC(=O)C(CC(C)C)NC(O)C(CC(C)C)NC(=O)OCC1c2ccccc2-c2ccccc21. The average molecular weight is 650 g/mol. The number of Topliss-reactive ketones (excluding diaryl/α,β-unsaturated/α-hetero) is 1. The molecule has 47 heavy (non-hydrogen) atoms. The predicted molar refractivity (Wildman–Crippen MR) is 176 cm³/mol. The highest BCUT2D eigenvalue weighted by molar-refractivity contribution is 6.25. The molecule has 2 aromatic carbocycles. The number of ether oxygens (including phenoxy) is 2. The summed E-state index contributed by atoms with van der Waals surface area (Å²) in [5.41, 5.74) is 13.0. The third-order valence-electron chi connectivity index (χ3n) is 7.92. The number of aliphatic hydroxyl groups is 1. The minimum Gasteiger partial charge on any atom is -0.464 e. The second-order valence-electron chi connectivity index (χ2n) is 12.6. The maximum atomic E-state index is 13.5. The van der Waals surface area contributed by atoms with Crippen molar-refractivity contribution < 1.29 is 38.5 Å². The van der Waals surface area contributed by atoms with Crippen molar-refractivity contribution in [2.75, 3.05) is 13.2 Å². The predicted octanol–water partition coefficient (Wildman–Crippen LogP) is 3.96. The molecule has 1 aliphatic rings. The molecule has 0 heterocycles. The molecule has 4 N–H and O–H groups in total. The van der Waals surface area contributed by atoms with E-state index in [-0.39, 0.29) is 43.8 Å². The zero-order valence-electron chi connectivity index (χ0n) is 27.8. The molecule has 254 valence electrons. The fourth-order valence-electron chi connectivity index (χ4n) is 5.79. The van der Waals surface area contributed by atoms with Crippen LogP contribution in [0, 0.1) is 11.8 Å². The largest absolute Gasteiger partial charge is 0.464 e. The molecular weight excluding hydrogens is 602 g/mol. The van der Waals surface area contributed by atoms with Crippen LogP contribution in [-0.2, 0) is 23.9 Å². The molecule has 12 nitrogen and oxygen atoms in total. The molecule has 0 bridgehead atoms. The number of benzene rings is 2.